The minimum Gasteiger partial charge on any atom is -0.392 e. The van der Waals surface area contributed by atoms with Crippen molar-refractivity contribution in [3.8, 4) is 0 Å². The van der Waals surface area contributed by atoms with E-state index in [1.807, 2.05) is 18.2 Å². The molecule has 0 spiro atoms. The van der Waals surface area contributed by atoms with Crippen LogP contribution in [0.2, 0.25) is 0 Å². The van der Waals surface area contributed by atoms with E-state index in [0.717, 1.165) is 23.2 Å². The molecule has 1 saturated carbocycles. The highest BCUT2D eigenvalue weighted by Gasteiger charge is 2.28. The Balaban J connectivity index is 1.51. The molecule has 1 saturated heterocycles. The molecule has 0 radical (unpaired) electrons. The van der Waals surface area contributed by atoms with E-state index >= 15 is 0 Å². The first-order chi connectivity index (χ1) is 10.8. The standard InChI is InChI=1S/C19H30N2O/c1-15-5-4-7-18(13-15)21-11-9-17(10-12-21)20-19-8-3-2-6-16(19)14-22/h2-3,6,8,15,17-18,20,22H,4-5,7,9-14H2,1H3. The lowest BCUT2D eigenvalue weighted by Gasteiger charge is -2.41. The van der Waals surface area contributed by atoms with E-state index in [-0.39, 0.29) is 6.61 Å². The molecule has 2 unspecified atom stereocenters. The zero-order valence-electron chi connectivity index (χ0n) is 13.8. The largest absolute Gasteiger partial charge is 0.392 e. The summed E-state index contributed by atoms with van der Waals surface area (Å²) in [7, 11) is 0. The van der Waals surface area contributed by atoms with E-state index in [9.17, 15) is 5.11 Å². The van der Waals surface area contributed by atoms with Crippen molar-refractivity contribution in [3.63, 3.8) is 0 Å². The molecule has 2 fully saturated rings. The second-order valence-electron chi connectivity index (χ2n) is 7.20. The predicted octanol–water partition coefficient (Wildman–Crippen LogP) is 3.63. The zero-order chi connectivity index (χ0) is 15.4. The van der Waals surface area contributed by atoms with Crippen molar-refractivity contribution in [2.24, 2.45) is 5.92 Å². The summed E-state index contributed by atoms with van der Waals surface area (Å²) < 4.78 is 0. The van der Waals surface area contributed by atoms with Crippen LogP contribution < -0.4 is 5.32 Å². The van der Waals surface area contributed by atoms with Crippen LogP contribution in [-0.2, 0) is 6.61 Å². The van der Waals surface area contributed by atoms with Crippen LogP contribution in [-0.4, -0.2) is 35.2 Å². The third-order valence-electron chi connectivity index (χ3n) is 5.50. The monoisotopic (exact) mass is 302 g/mol. The van der Waals surface area contributed by atoms with Crippen molar-refractivity contribution in [1.29, 1.82) is 0 Å². The summed E-state index contributed by atoms with van der Waals surface area (Å²) in [6.07, 6.45) is 8.05. The van der Waals surface area contributed by atoms with Gasteiger partial charge in [0.05, 0.1) is 6.61 Å². The maximum Gasteiger partial charge on any atom is 0.0701 e. The van der Waals surface area contributed by atoms with Crippen LogP contribution in [0.4, 0.5) is 5.69 Å². The highest BCUT2D eigenvalue weighted by atomic mass is 16.3. The fourth-order valence-electron chi connectivity index (χ4n) is 4.16. The van der Waals surface area contributed by atoms with Gasteiger partial charge in [0, 0.05) is 36.4 Å². The van der Waals surface area contributed by atoms with Gasteiger partial charge < -0.3 is 15.3 Å². The minimum atomic E-state index is 0.113. The van der Waals surface area contributed by atoms with Crippen molar-refractivity contribution in [3.05, 3.63) is 29.8 Å². The molecule has 3 heteroatoms. The number of anilines is 1. The summed E-state index contributed by atoms with van der Waals surface area (Å²) in [6, 6.07) is 9.49. The fourth-order valence-corrected chi connectivity index (χ4v) is 4.16. The Morgan fingerprint density at radius 3 is 2.64 bits per heavy atom. The molecule has 3 nitrogen and oxygen atoms in total. The van der Waals surface area contributed by atoms with Gasteiger partial charge in [-0.2, -0.15) is 0 Å². The van der Waals surface area contributed by atoms with Gasteiger partial charge in [0.25, 0.3) is 0 Å². The van der Waals surface area contributed by atoms with Crippen LogP contribution in [0.25, 0.3) is 0 Å². The van der Waals surface area contributed by atoms with E-state index in [2.05, 4.69) is 23.2 Å². The molecule has 1 aliphatic carbocycles. The summed E-state index contributed by atoms with van der Waals surface area (Å²) >= 11 is 0. The molecule has 2 aliphatic rings. The van der Waals surface area contributed by atoms with Gasteiger partial charge in [0.2, 0.25) is 0 Å². The molecule has 1 aromatic rings. The van der Waals surface area contributed by atoms with Crippen LogP contribution in [0.1, 0.15) is 51.0 Å². The average molecular weight is 302 g/mol. The number of aliphatic hydroxyl groups is 1. The zero-order valence-corrected chi connectivity index (χ0v) is 13.8. The second kappa shape index (κ2) is 7.47. The summed E-state index contributed by atoms with van der Waals surface area (Å²) in [5.41, 5.74) is 2.11. The lowest BCUT2D eigenvalue weighted by molar-refractivity contribution is 0.109. The maximum absolute atomic E-state index is 9.44. The summed E-state index contributed by atoms with van der Waals surface area (Å²) in [6.45, 7) is 4.96. The third-order valence-corrected chi connectivity index (χ3v) is 5.50. The summed E-state index contributed by atoms with van der Waals surface area (Å²) in [5, 5.41) is 13.1. The highest BCUT2D eigenvalue weighted by Crippen LogP contribution is 2.29. The van der Waals surface area contributed by atoms with Crippen LogP contribution in [0.15, 0.2) is 24.3 Å². The quantitative estimate of drug-likeness (QED) is 0.891. The van der Waals surface area contributed by atoms with Gasteiger partial charge in [-0.25, -0.2) is 0 Å². The molecule has 2 N–H and O–H groups in total. The van der Waals surface area contributed by atoms with Gasteiger partial charge in [0.1, 0.15) is 0 Å². The fraction of sp³-hybridized carbons (Fsp3) is 0.684. The molecular formula is C19H30N2O. The first kappa shape index (κ1) is 15.8. The third kappa shape index (κ3) is 3.82. The number of rotatable bonds is 4. The molecule has 1 heterocycles. The molecule has 2 atom stereocenters. The number of likely N-dealkylation sites (tertiary alicyclic amines) is 1. The number of nitrogens with zero attached hydrogens (tertiary/aromatic N) is 1. The van der Waals surface area contributed by atoms with Crippen LogP contribution in [0.3, 0.4) is 0 Å². The number of piperidine rings is 1. The Labute approximate surface area is 134 Å². The maximum atomic E-state index is 9.44. The van der Waals surface area contributed by atoms with Crippen LogP contribution in [0, 0.1) is 5.92 Å². The van der Waals surface area contributed by atoms with Crippen molar-refractivity contribution in [2.45, 2.75) is 64.1 Å². The minimum absolute atomic E-state index is 0.113. The Hall–Kier alpha value is -1.06. The Morgan fingerprint density at radius 2 is 1.91 bits per heavy atom. The summed E-state index contributed by atoms with van der Waals surface area (Å²) in [4.78, 5) is 2.73. The van der Waals surface area contributed by atoms with Gasteiger partial charge >= 0.3 is 0 Å². The van der Waals surface area contributed by atoms with Gasteiger partial charge in [-0.1, -0.05) is 38.0 Å². The van der Waals surface area contributed by atoms with Gasteiger partial charge in [-0.3, -0.25) is 0 Å². The molecule has 0 bridgehead atoms. The molecule has 0 aromatic heterocycles. The molecular weight excluding hydrogens is 272 g/mol. The molecule has 1 aromatic carbocycles. The second-order valence-corrected chi connectivity index (χ2v) is 7.20. The SMILES string of the molecule is CC1CCCC(N2CCC(Nc3ccccc3CO)CC2)C1. The van der Waals surface area contributed by atoms with Crippen molar-refractivity contribution in [2.75, 3.05) is 18.4 Å². The van der Waals surface area contributed by atoms with Crippen molar-refractivity contribution < 1.29 is 5.11 Å². The first-order valence-corrected chi connectivity index (χ1v) is 8.95. The Bertz CT molecular complexity index is 468. The van der Waals surface area contributed by atoms with E-state index in [4.69, 9.17) is 0 Å². The first-order valence-electron chi connectivity index (χ1n) is 8.95. The average Bonchev–Trinajstić information content (AvgIpc) is 2.56. The van der Waals surface area contributed by atoms with Crippen molar-refractivity contribution in [1.82, 2.24) is 4.90 Å². The number of benzene rings is 1. The molecule has 0 amide bonds. The number of hydrogen-bond acceptors (Lipinski definition) is 3. The van der Waals surface area contributed by atoms with Crippen LogP contribution in [0.5, 0.6) is 0 Å². The Kier molecular flexibility index (Phi) is 5.37. The lowest BCUT2D eigenvalue weighted by atomic mass is 9.85. The van der Waals surface area contributed by atoms with Gasteiger partial charge in [-0.05, 0) is 37.7 Å². The smallest absolute Gasteiger partial charge is 0.0701 e. The summed E-state index contributed by atoms with van der Waals surface area (Å²) in [5.74, 6) is 0.908. The predicted molar refractivity (Wildman–Crippen MR) is 92.0 cm³/mol. The van der Waals surface area contributed by atoms with Gasteiger partial charge in [-0.15, -0.1) is 0 Å². The van der Waals surface area contributed by atoms with E-state index < -0.39 is 0 Å². The Morgan fingerprint density at radius 1 is 1.14 bits per heavy atom. The number of para-hydroxylation sites is 1. The lowest BCUT2D eigenvalue weighted by Crippen LogP contribution is -2.46. The van der Waals surface area contributed by atoms with E-state index in [0.29, 0.717) is 6.04 Å². The molecule has 122 valence electrons. The van der Waals surface area contributed by atoms with Crippen LogP contribution >= 0.6 is 0 Å². The number of aliphatic hydroxyl groups excluding tert-OH is 1. The topological polar surface area (TPSA) is 35.5 Å². The number of nitrogens with one attached hydrogen (secondary N) is 1. The van der Waals surface area contributed by atoms with Gasteiger partial charge in [0.15, 0.2) is 0 Å². The highest BCUT2D eigenvalue weighted by molar-refractivity contribution is 5.51. The van der Waals surface area contributed by atoms with E-state index in [1.54, 1.807) is 0 Å². The molecule has 1 aliphatic heterocycles. The van der Waals surface area contributed by atoms with E-state index in [1.165, 1.54) is 51.6 Å². The molecule has 22 heavy (non-hydrogen) atoms. The molecule has 3 rings (SSSR count). The number of hydrogen-bond donors (Lipinski definition) is 2. The van der Waals surface area contributed by atoms with Crippen molar-refractivity contribution >= 4 is 5.69 Å². The normalized spacial score (nSPS) is 27.7.